The predicted octanol–water partition coefficient (Wildman–Crippen LogP) is 6.93. The highest BCUT2D eigenvalue weighted by atomic mass is 35.5. The normalized spacial score (nSPS) is 19.0. The van der Waals surface area contributed by atoms with Crippen molar-refractivity contribution in [2.75, 3.05) is 25.7 Å². The van der Waals surface area contributed by atoms with E-state index in [4.69, 9.17) is 30.8 Å². The first-order valence-corrected chi connectivity index (χ1v) is 14.8. The third kappa shape index (κ3) is 6.51. The van der Waals surface area contributed by atoms with Gasteiger partial charge in [0.15, 0.2) is 0 Å². The van der Waals surface area contributed by atoms with Gasteiger partial charge < -0.3 is 24.4 Å². The van der Waals surface area contributed by atoms with Gasteiger partial charge in [-0.15, -0.1) is 0 Å². The Morgan fingerprint density at radius 1 is 1.07 bits per heavy atom. The monoisotopic (exact) mass is 594 g/mol. The van der Waals surface area contributed by atoms with Gasteiger partial charge in [0.1, 0.15) is 17.1 Å². The first kappa shape index (κ1) is 29.8. The van der Waals surface area contributed by atoms with E-state index in [9.17, 15) is 9.59 Å². The third-order valence-electron chi connectivity index (χ3n) is 7.93. The number of benzene rings is 2. The number of ether oxygens (including phenoxy) is 3. The second-order valence-corrected chi connectivity index (χ2v) is 12.5. The molecule has 1 aromatic heterocycles. The fourth-order valence-electron chi connectivity index (χ4n) is 5.91. The van der Waals surface area contributed by atoms with Gasteiger partial charge in [0, 0.05) is 46.4 Å². The average molecular weight is 595 g/mol. The molecule has 0 unspecified atom stereocenters. The van der Waals surface area contributed by atoms with Gasteiger partial charge in [0.25, 0.3) is 0 Å². The van der Waals surface area contributed by atoms with Crippen molar-refractivity contribution in [2.24, 2.45) is 5.92 Å². The van der Waals surface area contributed by atoms with Crippen molar-refractivity contribution in [3.05, 3.63) is 58.7 Å². The van der Waals surface area contributed by atoms with E-state index in [1.807, 2.05) is 73.2 Å². The smallest absolute Gasteiger partial charge is 0.407 e. The zero-order chi connectivity index (χ0) is 30.0. The van der Waals surface area contributed by atoms with E-state index in [1.54, 1.807) is 14.2 Å². The summed E-state index contributed by atoms with van der Waals surface area (Å²) >= 11 is 6.43. The van der Waals surface area contributed by atoms with Crippen molar-refractivity contribution in [3.63, 3.8) is 0 Å². The molecule has 0 radical (unpaired) electrons. The maximum atomic E-state index is 14.3. The summed E-state index contributed by atoms with van der Waals surface area (Å²) in [5.74, 6) is 1.68. The molecular formula is C32H39ClN4O5. The molecule has 1 fully saturated rings. The molecule has 5 rings (SSSR count). The minimum absolute atomic E-state index is 0.000767. The van der Waals surface area contributed by atoms with Gasteiger partial charge in [0.2, 0.25) is 0 Å². The molecule has 42 heavy (non-hydrogen) atoms. The van der Waals surface area contributed by atoms with Crippen LogP contribution in [-0.2, 0) is 17.8 Å². The van der Waals surface area contributed by atoms with E-state index in [2.05, 4.69) is 5.32 Å². The molecule has 0 atom stereocenters. The van der Waals surface area contributed by atoms with Crippen LogP contribution in [0.5, 0.6) is 11.5 Å². The number of amides is 3. The van der Waals surface area contributed by atoms with Gasteiger partial charge in [-0.05, 0) is 82.7 Å². The number of methoxy groups -OCH3 is 2. The Balaban J connectivity index is 1.40. The largest absolute Gasteiger partial charge is 0.497 e. The quantitative estimate of drug-likeness (QED) is 0.319. The molecule has 1 saturated carbocycles. The molecule has 2 heterocycles. The molecule has 3 amide bonds. The summed E-state index contributed by atoms with van der Waals surface area (Å²) in [6.45, 7) is 6.91. The van der Waals surface area contributed by atoms with Crippen LogP contribution in [0, 0.1) is 5.92 Å². The number of nitrogens with one attached hydrogen (secondary N) is 1. The highest BCUT2D eigenvalue weighted by Crippen LogP contribution is 2.41. The number of hydrogen-bond donors (Lipinski definition) is 1. The number of carbonyl (C=O) groups excluding carboxylic acids is 2. The molecule has 0 spiro atoms. The molecule has 224 valence electrons. The van der Waals surface area contributed by atoms with E-state index < -0.39 is 11.7 Å². The Kier molecular flexibility index (Phi) is 8.68. The van der Waals surface area contributed by atoms with E-state index in [0.717, 1.165) is 53.4 Å². The maximum Gasteiger partial charge on any atom is 0.407 e. The van der Waals surface area contributed by atoms with E-state index >= 15 is 0 Å². The Bertz CT molecular complexity index is 1470. The third-order valence-corrected chi connectivity index (χ3v) is 8.16. The number of carbonyl (C=O) groups is 2. The highest BCUT2D eigenvalue weighted by Gasteiger charge is 2.38. The van der Waals surface area contributed by atoms with Crippen LogP contribution in [0.15, 0.2) is 42.6 Å². The van der Waals surface area contributed by atoms with Gasteiger partial charge >= 0.3 is 12.1 Å². The molecule has 1 aliphatic heterocycles. The summed E-state index contributed by atoms with van der Waals surface area (Å²) < 4.78 is 16.4. The number of pyridine rings is 1. The van der Waals surface area contributed by atoms with Gasteiger partial charge in [-0.2, -0.15) is 0 Å². The van der Waals surface area contributed by atoms with Crippen molar-refractivity contribution >= 4 is 40.3 Å². The second-order valence-electron chi connectivity index (χ2n) is 12.0. The molecule has 1 aliphatic carbocycles. The summed E-state index contributed by atoms with van der Waals surface area (Å²) in [5, 5.41) is 4.40. The van der Waals surface area contributed by atoms with Crippen LogP contribution in [0.2, 0.25) is 5.02 Å². The van der Waals surface area contributed by atoms with Crippen LogP contribution < -0.4 is 19.7 Å². The minimum Gasteiger partial charge on any atom is -0.497 e. The number of alkyl carbamates (subject to hydrolysis) is 1. The van der Waals surface area contributed by atoms with Gasteiger partial charge in [-0.1, -0.05) is 11.6 Å². The second kappa shape index (κ2) is 12.3. The lowest BCUT2D eigenvalue weighted by molar-refractivity contribution is 0.0515. The van der Waals surface area contributed by atoms with Crippen molar-refractivity contribution < 1.29 is 23.8 Å². The fourth-order valence-corrected chi connectivity index (χ4v) is 6.09. The summed E-state index contributed by atoms with van der Waals surface area (Å²) in [7, 11) is 3.23. The molecule has 10 heteroatoms. The number of nitrogens with zero attached hydrogens (tertiary/aromatic N) is 3. The van der Waals surface area contributed by atoms with E-state index in [1.165, 1.54) is 0 Å². The molecule has 9 nitrogen and oxygen atoms in total. The van der Waals surface area contributed by atoms with Crippen LogP contribution in [0.3, 0.4) is 0 Å². The lowest BCUT2D eigenvalue weighted by Crippen LogP contribution is -2.52. The Morgan fingerprint density at radius 3 is 2.52 bits per heavy atom. The van der Waals surface area contributed by atoms with Crippen molar-refractivity contribution in [1.29, 1.82) is 0 Å². The van der Waals surface area contributed by atoms with Crippen LogP contribution in [0.1, 0.15) is 57.6 Å². The Hall–Kier alpha value is -3.72. The van der Waals surface area contributed by atoms with Crippen LogP contribution in [0.4, 0.5) is 15.3 Å². The topological polar surface area (TPSA) is 93.2 Å². The zero-order valence-electron chi connectivity index (χ0n) is 24.9. The first-order chi connectivity index (χ1) is 20.1. The van der Waals surface area contributed by atoms with Crippen LogP contribution in [0.25, 0.3) is 10.9 Å². The van der Waals surface area contributed by atoms with Crippen molar-refractivity contribution in [2.45, 2.75) is 71.2 Å². The highest BCUT2D eigenvalue weighted by molar-refractivity contribution is 6.31. The van der Waals surface area contributed by atoms with Crippen molar-refractivity contribution in [1.82, 2.24) is 15.2 Å². The number of halogens is 1. The summed E-state index contributed by atoms with van der Waals surface area (Å²) in [5.41, 5.74) is 3.03. The van der Waals surface area contributed by atoms with Crippen LogP contribution in [-0.4, -0.2) is 54.4 Å². The average Bonchev–Trinajstić information content (AvgIpc) is 2.96. The van der Waals surface area contributed by atoms with Crippen LogP contribution >= 0.6 is 11.6 Å². The SMILES string of the molecule is COc1ccc(CN2Cc3cnc4ccc(Cl)cc4c3N([C@H]3CC[C@H](CNC(=O)OC(C)(C)C)CC3)C2=O)c(OC)c1. The first-order valence-electron chi connectivity index (χ1n) is 14.4. The molecule has 2 aromatic carbocycles. The number of aromatic nitrogens is 1. The number of hydrogen-bond acceptors (Lipinski definition) is 6. The Morgan fingerprint density at radius 2 is 1.83 bits per heavy atom. The van der Waals surface area contributed by atoms with Gasteiger partial charge in [-0.3, -0.25) is 9.88 Å². The zero-order valence-corrected chi connectivity index (χ0v) is 25.7. The summed E-state index contributed by atoms with van der Waals surface area (Å²) in [6.07, 6.45) is 4.88. The lowest BCUT2D eigenvalue weighted by atomic mass is 9.84. The van der Waals surface area contributed by atoms with Crippen molar-refractivity contribution in [3.8, 4) is 11.5 Å². The minimum atomic E-state index is -0.536. The van der Waals surface area contributed by atoms with Gasteiger partial charge in [-0.25, -0.2) is 9.59 Å². The van der Waals surface area contributed by atoms with E-state index in [-0.39, 0.29) is 12.1 Å². The Labute approximate surface area is 252 Å². The molecule has 0 bridgehead atoms. The molecule has 1 N–H and O–H groups in total. The maximum absolute atomic E-state index is 14.3. The number of urea groups is 1. The summed E-state index contributed by atoms with van der Waals surface area (Å²) in [6, 6.07) is 11.2. The number of rotatable bonds is 7. The summed E-state index contributed by atoms with van der Waals surface area (Å²) in [4.78, 5) is 35.0. The predicted molar refractivity (Wildman–Crippen MR) is 163 cm³/mol. The molecule has 3 aromatic rings. The number of anilines is 1. The van der Waals surface area contributed by atoms with Gasteiger partial charge in [0.05, 0.1) is 38.5 Å². The lowest BCUT2D eigenvalue weighted by Gasteiger charge is -2.44. The van der Waals surface area contributed by atoms with E-state index in [0.29, 0.717) is 42.1 Å². The molecule has 0 saturated heterocycles. The fraction of sp³-hybridized carbons (Fsp3) is 0.469. The standard InChI is InChI=1S/C32H39ClN4O5/c1-32(2,3)42-30(38)35-16-20-6-10-24(11-7-20)37-29-22(17-34-27-13-9-23(33)14-26(27)29)19-36(31(37)39)18-21-8-12-25(40-4)15-28(21)41-5/h8-9,12-15,17,20,24H,6-7,10-11,16,18-19H2,1-5H3,(H,35,38)/t20-,24-. The molecular weight excluding hydrogens is 556 g/mol. The number of fused-ring (bicyclic) bond motifs is 3. The molecule has 2 aliphatic rings.